The molecule has 1 aromatic rings. The molecular weight excluding hydrogens is 282 g/mol. The second kappa shape index (κ2) is 8.73. The van der Waals surface area contributed by atoms with Gasteiger partial charge in [0.05, 0.1) is 19.3 Å². The predicted molar refractivity (Wildman–Crippen MR) is 84.7 cm³/mol. The molecule has 1 aromatic carbocycles. The summed E-state index contributed by atoms with van der Waals surface area (Å²) in [6, 6.07) is 7.23. The van der Waals surface area contributed by atoms with E-state index in [-0.39, 0.29) is 5.91 Å². The SMILES string of the molecule is CC(N)C(=O)NCc1ccccc1OCCN1CCOCC1. The second-order valence-electron chi connectivity index (χ2n) is 5.42. The van der Waals surface area contributed by atoms with Gasteiger partial charge in [-0.1, -0.05) is 18.2 Å². The summed E-state index contributed by atoms with van der Waals surface area (Å²) < 4.78 is 11.2. The van der Waals surface area contributed by atoms with Crippen LogP contribution in [0.5, 0.6) is 5.75 Å². The maximum atomic E-state index is 11.6. The monoisotopic (exact) mass is 307 g/mol. The Labute approximate surface area is 131 Å². The maximum Gasteiger partial charge on any atom is 0.236 e. The van der Waals surface area contributed by atoms with Crippen molar-refractivity contribution in [3.63, 3.8) is 0 Å². The molecule has 3 N–H and O–H groups in total. The summed E-state index contributed by atoms with van der Waals surface area (Å²) in [7, 11) is 0. The van der Waals surface area contributed by atoms with Gasteiger partial charge in [0.25, 0.3) is 0 Å². The van der Waals surface area contributed by atoms with Gasteiger partial charge in [-0.05, 0) is 13.0 Å². The lowest BCUT2D eigenvalue weighted by Gasteiger charge is -2.26. The smallest absolute Gasteiger partial charge is 0.236 e. The predicted octanol–water partition coefficient (Wildman–Crippen LogP) is 0.361. The minimum Gasteiger partial charge on any atom is -0.492 e. The number of nitrogens with zero attached hydrogens (tertiary/aromatic N) is 1. The van der Waals surface area contributed by atoms with Crippen molar-refractivity contribution < 1.29 is 14.3 Å². The Hall–Kier alpha value is -1.63. The van der Waals surface area contributed by atoms with E-state index < -0.39 is 6.04 Å². The summed E-state index contributed by atoms with van der Waals surface area (Å²) in [5.41, 5.74) is 6.50. The van der Waals surface area contributed by atoms with Crippen LogP contribution in [0.25, 0.3) is 0 Å². The minimum absolute atomic E-state index is 0.164. The topological polar surface area (TPSA) is 76.8 Å². The van der Waals surface area contributed by atoms with Crippen molar-refractivity contribution in [3.8, 4) is 5.75 Å². The lowest BCUT2D eigenvalue weighted by molar-refractivity contribution is -0.122. The van der Waals surface area contributed by atoms with Crippen molar-refractivity contribution in [1.82, 2.24) is 10.2 Å². The number of amides is 1. The summed E-state index contributed by atoms with van der Waals surface area (Å²) in [5, 5.41) is 2.81. The van der Waals surface area contributed by atoms with Crippen LogP contribution in [0.3, 0.4) is 0 Å². The molecule has 6 heteroatoms. The maximum absolute atomic E-state index is 11.6. The van der Waals surface area contributed by atoms with Crippen molar-refractivity contribution in [2.75, 3.05) is 39.5 Å². The van der Waals surface area contributed by atoms with Crippen LogP contribution in [0.2, 0.25) is 0 Å². The van der Waals surface area contributed by atoms with E-state index in [4.69, 9.17) is 15.2 Å². The molecule has 0 aliphatic carbocycles. The van der Waals surface area contributed by atoms with Gasteiger partial charge in [-0.2, -0.15) is 0 Å². The lowest BCUT2D eigenvalue weighted by atomic mass is 10.2. The van der Waals surface area contributed by atoms with E-state index in [1.165, 1.54) is 0 Å². The number of hydrogen-bond donors (Lipinski definition) is 2. The highest BCUT2D eigenvalue weighted by molar-refractivity contribution is 5.80. The quantitative estimate of drug-likeness (QED) is 0.761. The summed E-state index contributed by atoms with van der Waals surface area (Å²) in [6.45, 7) is 7.08. The molecule has 22 heavy (non-hydrogen) atoms. The van der Waals surface area contributed by atoms with Crippen LogP contribution in [-0.4, -0.2) is 56.3 Å². The van der Waals surface area contributed by atoms with Gasteiger partial charge in [0.2, 0.25) is 5.91 Å². The first kappa shape index (κ1) is 16.7. The Morgan fingerprint density at radius 3 is 2.86 bits per heavy atom. The van der Waals surface area contributed by atoms with E-state index >= 15 is 0 Å². The number of benzene rings is 1. The molecule has 1 aliphatic rings. The summed E-state index contributed by atoms with van der Waals surface area (Å²) >= 11 is 0. The Morgan fingerprint density at radius 1 is 1.41 bits per heavy atom. The zero-order valence-electron chi connectivity index (χ0n) is 13.1. The normalized spacial score (nSPS) is 17.0. The molecule has 0 aromatic heterocycles. The van der Waals surface area contributed by atoms with Crippen molar-refractivity contribution in [2.45, 2.75) is 19.5 Å². The van der Waals surface area contributed by atoms with Crippen LogP contribution in [-0.2, 0) is 16.1 Å². The van der Waals surface area contributed by atoms with E-state index in [1.54, 1.807) is 6.92 Å². The van der Waals surface area contributed by atoms with E-state index in [1.807, 2.05) is 24.3 Å². The Kier molecular flexibility index (Phi) is 6.64. The molecule has 1 atom stereocenters. The first-order chi connectivity index (χ1) is 10.7. The number of morpholine rings is 1. The third kappa shape index (κ3) is 5.29. The van der Waals surface area contributed by atoms with Gasteiger partial charge < -0.3 is 20.5 Å². The number of carbonyl (C=O) groups excluding carboxylic acids is 1. The molecule has 0 radical (unpaired) electrons. The number of nitrogens with two attached hydrogens (primary N) is 1. The third-order valence-electron chi connectivity index (χ3n) is 3.61. The Morgan fingerprint density at radius 2 is 2.14 bits per heavy atom. The van der Waals surface area contributed by atoms with E-state index in [2.05, 4.69) is 10.2 Å². The minimum atomic E-state index is -0.505. The van der Waals surface area contributed by atoms with Crippen molar-refractivity contribution in [3.05, 3.63) is 29.8 Å². The number of hydrogen-bond acceptors (Lipinski definition) is 5. The van der Waals surface area contributed by atoms with Crippen molar-refractivity contribution in [1.29, 1.82) is 0 Å². The summed E-state index contributed by atoms with van der Waals surface area (Å²) in [4.78, 5) is 13.9. The zero-order chi connectivity index (χ0) is 15.8. The van der Waals surface area contributed by atoms with Gasteiger partial charge in [-0.3, -0.25) is 9.69 Å². The highest BCUT2D eigenvalue weighted by atomic mass is 16.5. The first-order valence-corrected chi connectivity index (χ1v) is 7.71. The van der Waals surface area contributed by atoms with Crippen LogP contribution in [0, 0.1) is 0 Å². The number of ether oxygens (including phenoxy) is 2. The van der Waals surface area contributed by atoms with Crippen LogP contribution < -0.4 is 15.8 Å². The van der Waals surface area contributed by atoms with Crippen molar-refractivity contribution in [2.24, 2.45) is 5.73 Å². The summed E-state index contributed by atoms with van der Waals surface area (Å²) in [5.74, 6) is 0.642. The fourth-order valence-corrected chi connectivity index (χ4v) is 2.24. The number of nitrogens with one attached hydrogen (secondary N) is 1. The van der Waals surface area contributed by atoms with Gasteiger partial charge in [0, 0.05) is 31.7 Å². The fourth-order valence-electron chi connectivity index (χ4n) is 2.24. The molecule has 1 unspecified atom stereocenters. The third-order valence-corrected chi connectivity index (χ3v) is 3.61. The molecule has 6 nitrogen and oxygen atoms in total. The molecular formula is C16H25N3O3. The van der Waals surface area contributed by atoms with E-state index in [9.17, 15) is 4.79 Å². The summed E-state index contributed by atoms with van der Waals surface area (Å²) in [6.07, 6.45) is 0. The largest absolute Gasteiger partial charge is 0.492 e. The molecule has 0 spiro atoms. The molecule has 1 aliphatic heterocycles. The average molecular weight is 307 g/mol. The molecule has 1 amide bonds. The molecule has 0 bridgehead atoms. The van der Waals surface area contributed by atoms with E-state index in [0.717, 1.165) is 44.2 Å². The number of rotatable bonds is 7. The van der Waals surface area contributed by atoms with Crippen LogP contribution in [0.15, 0.2) is 24.3 Å². The van der Waals surface area contributed by atoms with Gasteiger partial charge in [0.1, 0.15) is 12.4 Å². The Bertz CT molecular complexity index is 473. The first-order valence-electron chi connectivity index (χ1n) is 7.71. The molecule has 1 heterocycles. The van der Waals surface area contributed by atoms with Crippen LogP contribution >= 0.6 is 0 Å². The fraction of sp³-hybridized carbons (Fsp3) is 0.562. The molecule has 1 fully saturated rings. The average Bonchev–Trinajstić information content (AvgIpc) is 2.54. The molecule has 2 rings (SSSR count). The standard InChI is InChI=1S/C16H25N3O3/c1-13(17)16(20)18-12-14-4-2-3-5-15(14)22-11-8-19-6-9-21-10-7-19/h2-5,13H,6-12,17H2,1H3,(H,18,20). The highest BCUT2D eigenvalue weighted by Gasteiger charge is 2.11. The molecule has 122 valence electrons. The van der Waals surface area contributed by atoms with Gasteiger partial charge in [-0.25, -0.2) is 0 Å². The van der Waals surface area contributed by atoms with E-state index in [0.29, 0.717) is 13.2 Å². The van der Waals surface area contributed by atoms with Crippen LogP contribution in [0.1, 0.15) is 12.5 Å². The number of carbonyl (C=O) groups is 1. The Balaban J connectivity index is 1.81. The van der Waals surface area contributed by atoms with Gasteiger partial charge in [0.15, 0.2) is 0 Å². The highest BCUT2D eigenvalue weighted by Crippen LogP contribution is 2.17. The van der Waals surface area contributed by atoms with Crippen LogP contribution in [0.4, 0.5) is 0 Å². The van der Waals surface area contributed by atoms with Gasteiger partial charge in [-0.15, -0.1) is 0 Å². The molecule has 1 saturated heterocycles. The zero-order valence-corrected chi connectivity index (χ0v) is 13.1. The number of para-hydroxylation sites is 1. The molecule has 0 saturated carbocycles. The van der Waals surface area contributed by atoms with Gasteiger partial charge >= 0.3 is 0 Å². The lowest BCUT2D eigenvalue weighted by Crippen LogP contribution is -2.39. The van der Waals surface area contributed by atoms with Crippen molar-refractivity contribution >= 4 is 5.91 Å². The second-order valence-corrected chi connectivity index (χ2v) is 5.42.